The second-order valence-corrected chi connectivity index (χ2v) is 8.69. The van der Waals surface area contributed by atoms with Crippen LogP contribution in [0.2, 0.25) is 0 Å². The van der Waals surface area contributed by atoms with Gasteiger partial charge in [-0.25, -0.2) is 4.98 Å². The smallest absolute Gasteiger partial charge is 0.261 e. The van der Waals surface area contributed by atoms with Crippen LogP contribution in [0.1, 0.15) is 28.1 Å². The Kier molecular flexibility index (Phi) is 5.33. The minimum absolute atomic E-state index is 0.0683. The number of thiophene rings is 1. The number of hydrogen-bond donors (Lipinski definition) is 1. The number of hydrogen-bond acceptors (Lipinski definition) is 5. The van der Waals surface area contributed by atoms with Crippen LogP contribution in [0.25, 0.3) is 16.1 Å². The summed E-state index contributed by atoms with van der Waals surface area (Å²) in [6, 6.07) is 7.83. The predicted octanol–water partition coefficient (Wildman–Crippen LogP) is 3.62. The summed E-state index contributed by atoms with van der Waals surface area (Å²) in [5.74, 6) is 0.457. The van der Waals surface area contributed by atoms with Crippen LogP contribution in [-0.2, 0) is 17.8 Å². The number of nitrogens with zero attached hydrogens (tertiary/aromatic N) is 4. The average Bonchev–Trinajstić information content (AvgIpc) is 3.52. The first kappa shape index (κ1) is 19.0. The zero-order chi connectivity index (χ0) is 20.3. The predicted molar refractivity (Wildman–Crippen MR) is 115 cm³/mol. The summed E-state index contributed by atoms with van der Waals surface area (Å²) in [7, 11) is 0. The molecule has 4 aromatic rings. The number of rotatable bonds is 6. The first-order valence-corrected chi connectivity index (χ1v) is 11.0. The van der Waals surface area contributed by atoms with Gasteiger partial charge in [0.2, 0.25) is 0 Å². The average molecular weight is 422 g/mol. The Labute approximate surface area is 178 Å². The Morgan fingerprint density at radius 2 is 2.27 bits per heavy atom. The molecule has 1 atom stereocenters. The molecule has 1 N–H and O–H groups in total. The van der Waals surface area contributed by atoms with Crippen LogP contribution < -0.4 is 5.32 Å². The normalized spacial score (nSPS) is 16.7. The zero-order valence-electron chi connectivity index (χ0n) is 16.5. The summed E-state index contributed by atoms with van der Waals surface area (Å²) < 4.78 is 9.49. The van der Waals surface area contributed by atoms with E-state index in [2.05, 4.69) is 21.6 Å². The fourth-order valence-electron chi connectivity index (χ4n) is 3.75. The second-order valence-electron chi connectivity index (χ2n) is 7.61. The third-order valence-electron chi connectivity index (χ3n) is 5.36. The van der Waals surface area contributed by atoms with Gasteiger partial charge in [-0.2, -0.15) is 5.10 Å². The Morgan fingerprint density at radius 1 is 1.30 bits per heavy atom. The van der Waals surface area contributed by atoms with E-state index in [-0.39, 0.29) is 5.91 Å². The summed E-state index contributed by atoms with van der Waals surface area (Å²) in [6.45, 7) is 3.03. The lowest BCUT2D eigenvalue weighted by atomic mass is 10.0. The van der Waals surface area contributed by atoms with Gasteiger partial charge in [0, 0.05) is 60.8 Å². The zero-order valence-corrected chi connectivity index (χ0v) is 17.3. The number of amides is 1. The number of nitrogens with one attached hydrogen (secondary N) is 1. The molecule has 0 spiro atoms. The van der Waals surface area contributed by atoms with E-state index in [4.69, 9.17) is 4.74 Å². The van der Waals surface area contributed by atoms with E-state index in [0.717, 1.165) is 47.8 Å². The monoisotopic (exact) mass is 421 g/mol. The van der Waals surface area contributed by atoms with E-state index in [0.29, 0.717) is 17.3 Å². The van der Waals surface area contributed by atoms with Gasteiger partial charge in [-0.3, -0.25) is 9.48 Å². The highest BCUT2D eigenvalue weighted by Crippen LogP contribution is 2.28. The van der Waals surface area contributed by atoms with Crippen molar-refractivity contribution in [1.82, 2.24) is 24.5 Å². The van der Waals surface area contributed by atoms with E-state index < -0.39 is 0 Å². The number of ether oxygens (including phenoxy) is 1. The molecule has 1 aliphatic heterocycles. The first-order valence-electron chi connectivity index (χ1n) is 10.1. The van der Waals surface area contributed by atoms with Crippen molar-refractivity contribution in [2.45, 2.75) is 25.9 Å². The van der Waals surface area contributed by atoms with Gasteiger partial charge in [-0.15, -0.1) is 11.3 Å². The number of fused-ring (bicyclic) bond motifs is 1. The van der Waals surface area contributed by atoms with E-state index in [1.165, 1.54) is 17.8 Å². The molecule has 0 radical (unpaired) electrons. The van der Waals surface area contributed by atoms with E-state index >= 15 is 0 Å². The minimum atomic E-state index is -0.0683. The van der Waals surface area contributed by atoms with Crippen molar-refractivity contribution in [2.75, 3.05) is 13.2 Å². The molecule has 0 aromatic carbocycles. The molecule has 154 valence electrons. The van der Waals surface area contributed by atoms with Gasteiger partial charge in [0.15, 0.2) is 0 Å². The minimum Gasteiger partial charge on any atom is -0.381 e. The molecule has 0 saturated carbocycles. The lowest BCUT2D eigenvalue weighted by molar-refractivity contribution is 0.0470. The third kappa shape index (κ3) is 4.15. The quantitative estimate of drug-likeness (QED) is 0.516. The number of pyridine rings is 1. The maximum atomic E-state index is 12.6. The molecule has 0 bridgehead atoms. The van der Waals surface area contributed by atoms with E-state index in [1.807, 2.05) is 51.9 Å². The van der Waals surface area contributed by atoms with Crippen molar-refractivity contribution in [2.24, 2.45) is 5.92 Å². The van der Waals surface area contributed by atoms with E-state index in [9.17, 15) is 4.79 Å². The van der Waals surface area contributed by atoms with Crippen LogP contribution >= 0.6 is 11.3 Å². The summed E-state index contributed by atoms with van der Waals surface area (Å²) in [5.41, 5.74) is 2.93. The SMILES string of the molecule is O=C(NCc1ccn2ccnc2c1)c1ccc(-c2cnn(CC3CCCOC3)c2)s1. The van der Waals surface area contributed by atoms with Gasteiger partial charge >= 0.3 is 0 Å². The Hall–Kier alpha value is -2.97. The Balaban J connectivity index is 1.21. The second kappa shape index (κ2) is 8.41. The van der Waals surface area contributed by atoms with Crippen molar-refractivity contribution in [3.8, 4) is 10.4 Å². The molecule has 1 saturated heterocycles. The van der Waals surface area contributed by atoms with Crippen LogP contribution in [0.15, 0.2) is 55.2 Å². The maximum Gasteiger partial charge on any atom is 0.261 e. The van der Waals surface area contributed by atoms with E-state index in [1.54, 1.807) is 6.20 Å². The Bertz CT molecular complexity index is 1160. The number of aromatic nitrogens is 4. The maximum absolute atomic E-state index is 12.6. The molecule has 0 aliphatic carbocycles. The first-order chi connectivity index (χ1) is 14.7. The van der Waals surface area contributed by atoms with Gasteiger partial charge in [-0.1, -0.05) is 0 Å². The largest absolute Gasteiger partial charge is 0.381 e. The molecular formula is C22H23N5O2S. The summed E-state index contributed by atoms with van der Waals surface area (Å²) in [6.07, 6.45) is 11.8. The van der Waals surface area contributed by atoms with Crippen LogP contribution in [0.5, 0.6) is 0 Å². The highest BCUT2D eigenvalue weighted by atomic mass is 32.1. The van der Waals surface area contributed by atoms with Gasteiger partial charge in [0.25, 0.3) is 5.91 Å². The molecule has 1 fully saturated rings. The molecule has 1 aliphatic rings. The topological polar surface area (TPSA) is 73.5 Å². The standard InChI is InChI=1S/C22H23N5O2S/c28-22(24-11-16-5-7-26-8-6-23-21(26)10-16)20-4-3-19(30-20)18-12-25-27(14-18)13-17-2-1-9-29-15-17/h3-8,10,12,14,17H,1-2,9,11,13,15H2,(H,24,28). The van der Waals surface area contributed by atoms with Crippen molar-refractivity contribution in [3.63, 3.8) is 0 Å². The van der Waals surface area contributed by atoms with Crippen LogP contribution in [0, 0.1) is 5.92 Å². The lowest BCUT2D eigenvalue weighted by Gasteiger charge is -2.21. The summed E-state index contributed by atoms with van der Waals surface area (Å²) >= 11 is 1.49. The van der Waals surface area contributed by atoms with Crippen molar-refractivity contribution in [1.29, 1.82) is 0 Å². The van der Waals surface area contributed by atoms with Crippen molar-refractivity contribution < 1.29 is 9.53 Å². The fourth-order valence-corrected chi connectivity index (χ4v) is 4.65. The lowest BCUT2D eigenvalue weighted by Crippen LogP contribution is -2.22. The highest BCUT2D eigenvalue weighted by molar-refractivity contribution is 7.17. The van der Waals surface area contributed by atoms with Gasteiger partial charge < -0.3 is 14.5 Å². The molecule has 7 nitrogen and oxygen atoms in total. The number of carbonyl (C=O) groups is 1. The molecule has 4 aromatic heterocycles. The number of carbonyl (C=O) groups excluding carboxylic acids is 1. The third-order valence-corrected chi connectivity index (χ3v) is 6.50. The summed E-state index contributed by atoms with van der Waals surface area (Å²) in [5, 5.41) is 7.49. The van der Waals surface area contributed by atoms with Crippen LogP contribution in [-0.4, -0.2) is 38.3 Å². The highest BCUT2D eigenvalue weighted by Gasteiger charge is 2.16. The summed E-state index contributed by atoms with van der Waals surface area (Å²) in [4.78, 5) is 18.6. The van der Waals surface area contributed by atoms with Crippen molar-refractivity contribution >= 4 is 22.9 Å². The molecule has 1 amide bonds. The van der Waals surface area contributed by atoms with Gasteiger partial charge in [0.1, 0.15) is 5.65 Å². The van der Waals surface area contributed by atoms with Crippen LogP contribution in [0.4, 0.5) is 0 Å². The fraction of sp³-hybridized carbons (Fsp3) is 0.318. The van der Waals surface area contributed by atoms with Gasteiger partial charge in [-0.05, 0) is 42.7 Å². The van der Waals surface area contributed by atoms with Crippen molar-refractivity contribution in [3.05, 3.63) is 65.7 Å². The molecule has 8 heteroatoms. The molecule has 5 rings (SSSR count). The molecule has 30 heavy (non-hydrogen) atoms. The van der Waals surface area contributed by atoms with Gasteiger partial charge in [0.05, 0.1) is 17.7 Å². The molecule has 5 heterocycles. The van der Waals surface area contributed by atoms with Crippen LogP contribution in [0.3, 0.4) is 0 Å². The Morgan fingerprint density at radius 3 is 3.17 bits per heavy atom. The molecular weight excluding hydrogens is 398 g/mol. The molecule has 1 unspecified atom stereocenters. The number of imidazole rings is 1.